The smallest absolute Gasteiger partial charge is 0.311 e. The Morgan fingerprint density at radius 1 is 1.18 bits per heavy atom. The van der Waals surface area contributed by atoms with Gasteiger partial charge in [0.1, 0.15) is 11.6 Å². The van der Waals surface area contributed by atoms with E-state index >= 15 is 0 Å². The van der Waals surface area contributed by atoms with Crippen LogP contribution < -0.4 is 10.6 Å². The van der Waals surface area contributed by atoms with E-state index in [1.807, 2.05) is 44.2 Å². The number of anilines is 1. The SMILES string of the molecule is CCN(C(=O)Cn1nc2ccc(SC(C)(C)C)nn2c1=O)c1cccc(C)c1. The molecule has 0 aliphatic carbocycles. The molecule has 0 aliphatic rings. The second-order valence-corrected chi connectivity index (χ2v) is 9.42. The van der Waals surface area contributed by atoms with Crippen LogP contribution in [0.1, 0.15) is 33.3 Å². The Bertz CT molecular complexity index is 1060. The van der Waals surface area contributed by atoms with Gasteiger partial charge in [0.15, 0.2) is 5.65 Å². The lowest BCUT2D eigenvalue weighted by atomic mass is 10.2. The second-order valence-electron chi connectivity index (χ2n) is 7.57. The minimum Gasteiger partial charge on any atom is -0.311 e. The van der Waals surface area contributed by atoms with E-state index in [4.69, 9.17) is 0 Å². The lowest BCUT2D eigenvalue weighted by Crippen LogP contribution is -2.37. The van der Waals surface area contributed by atoms with Gasteiger partial charge in [0.05, 0.1) is 0 Å². The predicted molar refractivity (Wildman–Crippen MR) is 112 cm³/mol. The quantitative estimate of drug-likeness (QED) is 0.616. The molecule has 2 aromatic heterocycles. The lowest BCUT2D eigenvalue weighted by Gasteiger charge is -2.21. The van der Waals surface area contributed by atoms with Crippen LogP contribution in [-0.4, -0.2) is 36.6 Å². The fraction of sp³-hybridized carbons (Fsp3) is 0.400. The molecule has 0 bridgehead atoms. The number of amides is 1. The first-order valence-electron chi connectivity index (χ1n) is 9.21. The summed E-state index contributed by atoms with van der Waals surface area (Å²) in [6.45, 7) is 10.5. The molecule has 7 nitrogen and oxygen atoms in total. The average molecular weight is 400 g/mol. The Morgan fingerprint density at radius 3 is 2.57 bits per heavy atom. The molecule has 3 rings (SSSR count). The van der Waals surface area contributed by atoms with Gasteiger partial charge in [0.2, 0.25) is 5.91 Å². The third-order valence-electron chi connectivity index (χ3n) is 4.04. The van der Waals surface area contributed by atoms with Crippen LogP contribution in [0.2, 0.25) is 0 Å². The first-order chi connectivity index (χ1) is 13.2. The van der Waals surface area contributed by atoms with Crippen molar-refractivity contribution in [1.29, 1.82) is 0 Å². The number of carbonyl (C=O) groups excluding carboxylic acids is 1. The maximum Gasteiger partial charge on any atom is 0.367 e. The molecule has 1 aromatic carbocycles. The van der Waals surface area contributed by atoms with Crippen molar-refractivity contribution in [1.82, 2.24) is 19.4 Å². The Kier molecular flexibility index (Phi) is 5.60. The zero-order valence-corrected chi connectivity index (χ0v) is 17.7. The zero-order valence-electron chi connectivity index (χ0n) is 16.8. The van der Waals surface area contributed by atoms with Gasteiger partial charge >= 0.3 is 5.69 Å². The zero-order chi connectivity index (χ0) is 20.5. The Labute approximate surface area is 168 Å². The van der Waals surface area contributed by atoms with Crippen molar-refractivity contribution in [3.8, 4) is 0 Å². The molecule has 0 aliphatic heterocycles. The van der Waals surface area contributed by atoms with Gasteiger partial charge in [-0.1, -0.05) is 44.7 Å². The molecule has 0 saturated heterocycles. The standard InChI is InChI=1S/C20H25N5O2S/c1-6-23(15-9-7-8-14(2)12-15)18(26)13-24-19(27)25-16(21-24)10-11-17(22-25)28-20(3,4)5/h7-12H,6,13H2,1-5H3. The highest BCUT2D eigenvalue weighted by Gasteiger charge is 2.19. The first-order valence-corrected chi connectivity index (χ1v) is 10.0. The summed E-state index contributed by atoms with van der Waals surface area (Å²) in [6, 6.07) is 11.3. The minimum atomic E-state index is -0.417. The second kappa shape index (κ2) is 7.79. The van der Waals surface area contributed by atoms with E-state index in [-0.39, 0.29) is 17.2 Å². The van der Waals surface area contributed by atoms with Crippen molar-refractivity contribution in [3.05, 3.63) is 52.4 Å². The molecule has 0 atom stereocenters. The van der Waals surface area contributed by atoms with Crippen molar-refractivity contribution in [3.63, 3.8) is 0 Å². The number of nitrogens with zero attached hydrogens (tertiary/aromatic N) is 5. The van der Waals surface area contributed by atoms with Gasteiger partial charge < -0.3 is 4.90 Å². The molecule has 3 aromatic rings. The largest absolute Gasteiger partial charge is 0.367 e. The first kappa shape index (κ1) is 20.1. The molecular formula is C20H25N5O2S. The highest BCUT2D eigenvalue weighted by molar-refractivity contribution is 8.00. The predicted octanol–water partition coefficient (Wildman–Crippen LogP) is 3.14. The third kappa shape index (κ3) is 4.44. The molecule has 0 radical (unpaired) electrons. The molecular weight excluding hydrogens is 374 g/mol. The number of hydrogen-bond donors (Lipinski definition) is 0. The normalized spacial score (nSPS) is 11.8. The summed E-state index contributed by atoms with van der Waals surface area (Å²) in [6.07, 6.45) is 0. The molecule has 2 heterocycles. The van der Waals surface area contributed by atoms with Crippen LogP contribution in [0.15, 0.2) is 46.2 Å². The fourth-order valence-corrected chi connectivity index (χ4v) is 3.76. The Hall–Kier alpha value is -2.61. The molecule has 28 heavy (non-hydrogen) atoms. The lowest BCUT2D eigenvalue weighted by molar-refractivity contribution is -0.119. The highest BCUT2D eigenvalue weighted by atomic mass is 32.2. The van der Waals surface area contributed by atoms with E-state index in [0.29, 0.717) is 12.2 Å². The van der Waals surface area contributed by atoms with E-state index in [1.54, 1.807) is 22.7 Å². The number of fused-ring (bicyclic) bond motifs is 1. The third-order valence-corrected chi connectivity index (χ3v) is 5.08. The number of thioether (sulfide) groups is 1. The van der Waals surface area contributed by atoms with Crippen LogP contribution >= 0.6 is 11.8 Å². The number of hydrogen-bond acceptors (Lipinski definition) is 5. The van der Waals surface area contributed by atoms with E-state index < -0.39 is 5.69 Å². The fourth-order valence-electron chi connectivity index (χ4n) is 2.88. The average Bonchev–Trinajstić information content (AvgIpc) is 2.90. The Morgan fingerprint density at radius 2 is 1.93 bits per heavy atom. The molecule has 0 N–H and O–H groups in total. The number of rotatable bonds is 5. The van der Waals surface area contributed by atoms with Gasteiger partial charge in [-0.05, 0) is 43.7 Å². The summed E-state index contributed by atoms with van der Waals surface area (Å²) in [5, 5.41) is 9.39. The Balaban J connectivity index is 1.88. The maximum absolute atomic E-state index is 12.8. The molecule has 0 spiro atoms. The monoisotopic (exact) mass is 399 g/mol. The van der Waals surface area contributed by atoms with Crippen molar-refractivity contribution in [2.24, 2.45) is 0 Å². The van der Waals surface area contributed by atoms with Crippen LogP contribution in [0.5, 0.6) is 0 Å². The summed E-state index contributed by atoms with van der Waals surface area (Å²) in [7, 11) is 0. The van der Waals surface area contributed by atoms with Crippen LogP contribution in [0.4, 0.5) is 5.69 Å². The molecule has 1 amide bonds. The molecule has 8 heteroatoms. The van der Waals surface area contributed by atoms with Crippen molar-refractivity contribution in [2.45, 2.75) is 50.9 Å². The van der Waals surface area contributed by atoms with Gasteiger partial charge in [-0.3, -0.25) is 4.79 Å². The van der Waals surface area contributed by atoms with Gasteiger partial charge in [0, 0.05) is 17.0 Å². The van der Waals surface area contributed by atoms with Crippen molar-refractivity contribution >= 4 is 29.0 Å². The highest BCUT2D eigenvalue weighted by Crippen LogP contribution is 2.29. The van der Waals surface area contributed by atoms with E-state index in [2.05, 4.69) is 31.0 Å². The van der Waals surface area contributed by atoms with E-state index in [1.165, 1.54) is 9.20 Å². The number of aryl methyl sites for hydroxylation is 1. The number of carbonyl (C=O) groups is 1. The minimum absolute atomic E-state index is 0.0221. The topological polar surface area (TPSA) is 72.5 Å². The molecule has 0 saturated carbocycles. The molecule has 148 valence electrons. The van der Waals surface area contributed by atoms with Gasteiger partial charge in [0.25, 0.3) is 0 Å². The summed E-state index contributed by atoms with van der Waals surface area (Å²) in [4.78, 5) is 27.2. The summed E-state index contributed by atoms with van der Waals surface area (Å²) in [5.41, 5.74) is 1.89. The molecule has 0 fully saturated rings. The van der Waals surface area contributed by atoms with Crippen LogP contribution in [0, 0.1) is 6.92 Å². The van der Waals surface area contributed by atoms with Crippen LogP contribution in [0.3, 0.4) is 0 Å². The van der Waals surface area contributed by atoms with Crippen LogP contribution in [0.25, 0.3) is 5.65 Å². The summed E-state index contributed by atoms with van der Waals surface area (Å²) >= 11 is 1.57. The molecule has 0 unspecified atom stereocenters. The number of benzene rings is 1. The summed E-state index contributed by atoms with van der Waals surface area (Å²) in [5.74, 6) is -0.192. The summed E-state index contributed by atoms with van der Waals surface area (Å²) < 4.78 is 2.41. The van der Waals surface area contributed by atoms with Crippen molar-refractivity contribution < 1.29 is 4.79 Å². The van der Waals surface area contributed by atoms with Gasteiger partial charge in [-0.2, -0.15) is 9.61 Å². The maximum atomic E-state index is 12.8. The van der Waals surface area contributed by atoms with E-state index in [9.17, 15) is 9.59 Å². The number of aromatic nitrogens is 4. The van der Waals surface area contributed by atoms with Gasteiger partial charge in [-0.25, -0.2) is 9.48 Å². The van der Waals surface area contributed by atoms with Crippen molar-refractivity contribution in [2.75, 3.05) is 11.4 Å². The van der Waals surface area contributed by atoms with Crippen LogP contribution in [-0.2, 0) is 11.3 Å². The number of likely N-dealkylation sites (N-methyl/N-ethyl adjacent to an activating group) is 1. The van der Waals surface area contributed by atoms with Gasteiger partial charge in [-0.15, -0.1) is 5.10 Å². The van der Waals surface area contributed by atoms with E-state index in [0.717, 1.165) is 16.3 Å².